The zero-order chi connectivity index (χ0) is 19.8. The summed E-state index contributed by atoms with van der Waals surface area (Å²) in [6.45, 7) is 0.0112. The van der Waals surface area contributed by atoms with E-state index in [-0.39, 0.29) is 23.4 Å². The summed E-state index contributed by atoms with van der Waals surface area (Å²) in [5.41, 5.74) is -1.90. The monoisotopic (exact) mass is 382 g/mol. The quantitative estimate of drug-likeness (QED) is 0.777. The minimum atomic E-state index is -4.67. The van der Waals surface area contributed by atoms with Gasteiger partial charge >= 0.3 is 12.1 Å². The third-order valence-electron chi connectivity index (χ3n) is 4.52. The van der Waals surface area contributed by atoms with Crippen LogP contribution < -0.4 is 5.32 Å². The SMILES string of the molecule is O=C(NCC1(c2cc(F)cc(C(F)(F)F)c2)CC1)c1ccnc(C(=O)O)c1. The number of nitrogens with zero attached hydrogens (tertiary/aromatic N) is 1. The molecule has 0 atom stereocenters. The second-order valence-electron chi connectivity index (χ2n) is 6.42. The maximum absolute atomic E-state index is 13.7. The molecule has 5 nitrogen and oxygen atoms in total. The fourth-order valence-electron chi connectivity index (χ4n) is 2.82. The summed E-state index contributed by atoms with van der Waals surface area (Å²) >= 11 is 0. The van der Waals surface area contributed by atoms with Crippen LogP contribution in [0.1, 0.15) is 44.8 Å². The van der Waals surface area contributed by atoms with Crippen molar-refractivity contribution in [1.29, 1.82) is 0 Å². The van der Waals surface area contributed by atoms with Gasteiger partial charge in [-0.1, -0.05) is 0 Å². The summed E-state index contributed by atoms with van der Waals surface area (Å²) in [4.78, 5) is 26.7. The Bertz CT molecular complexity index is 908. The van der Waals surface area contributed by atoms with Gasteiger partial charge in [-0.3, -0.25) is 4.79 Å². The number of alkyl halides is 3. The Balaban J connectivity index is 1.77. The number of amides is 1. The Morgan fingerprint density at radius 3 is 2.48 bits per heavy atom. The highest BCUT2D eigenvalue weighted by Crippen LogP contribution is 2.49. The molecular weight excluding hydrogens is 368 g/mol. The van der Waals surface area contributed by atoms with E-state index in [1.165, 1.54) is 12.3 Å². The Labute approximate surface area is 151 Å². The smallest absolute Gasteiger partial charge is 0.416 e. The molecule has 1 aromatic heterocycles. The van der Waals surface area contributed by atoms with E-state index in [1.54, 1.807) is 0 Å². The molecular formula is C18H14F4N2O3. The number of hydrogen-bond donors (Lipinski definition) is 2. The van der Waals surface area contributed by atoms with Crippen molar-refractivity contribution >= 4 is 11.9 Å². The number of hydrogen-bond acceptors (Lipinski definition) is 3. The van der Waals surface area contributed by atoms with Crippen LogP contribution in [0, 0.1) is 5.82 Å². The van der Waals surface area contributed by atoms with Gasteiger partial charge in [0, 0.05) is 23.7 Å². The minimum Gasteiger partial charge on any atom is -0.477 e. The highest BCUT2D eigenvalue weighted by Gasteiger charge is 2.46. The van der Waals surface area contributed by atoms with Crippen LogP contribution in [0.3, 0.4) is 0 Å². The number of nitrogens with one attached hydrogen (secondary N) is 1. The molecule has 0 saturated heterocycles. The number of carboxylic acid groups (broad SMARTS) is 1. The molecule has 2 N–H and O–H groups in total. The highest BCUT2D eigenvalue weighted by atomic mass is 19.4. The van der Waals surface area contributed by atoms with Gasteiger partial charge in [0.15, 0.2) is 0 Å². The Morgan fingerprint density at radius 1 is 1.19 bits per heavy atom. The van der Waals surface area contributed by atoms with Gasteiger partial charge in [-0.15, -0.1) is 0 Å². The van der Waals surface area contributed by atoms with Crippen molar-refractivity contribution in [2.24, 2.45) is 0 Å². The third kappa shape index (κ3) is 4.07. The fourth-order valence-corrected chi connectivity index (χ4v) is 2.82. The molecule has 1 amide bonds. The predicted molar refractivity (Wildman–Crippen MR) is 85.8 cm³/mol. The molecule has 0 radical (unpaired) electrons. The summed E-state index contributed by atoms with van der Waals surface area (Å²) in [6.07, 6.45) is -2.48. The maximum atomic E-state index is 13.7. The topological polar surface area (TPSA) is 79.3 Å². The zero-order valence-corrected chi connectivity index (χ0v) is 13.8. The molecule has 0 aliphatic heterocycles. The number of carbonyl (C=O) groups excluding carboxylic acids is 1. The molecule has 0 bridgehead atoms. The van der Waals surface area contributed by atoms with Gasteiger partial charge in [0.05, 0.1) is 5.56 Å². The van der Waals surface area contributed by atoms with Gasteiger partial charge in [0.25, 0.3) is 5.91 Å². The minimum absolute atomic E-state index is 0.0112. The van der Waals surface area contributed by atoms with E-state index in [0.29, 0.717) is 18.9 Å². The lowest BCUT2D eigenvalue weighted by Gasteiger charge is -2.19. The molecule has 3 rings (SSSR count). The van der Waals surface area contributed by atoms with Crippen molar-refractivity contribution < 1.29 is 32.3 Å². The van der Waals surface area contributed by atoms with E-state index in [9.17, 15) is 27.2 Å². The van der Waals surface area contributed by atoms with Gasteiger partial charge in [-0.05, 0) is 48.7 Å². The molecule has 0 unspecified atom stereocenters. The van der Waals surface area contributed by atoms with E-state index < -0.39 is 34.8 Å². The van der Waals surface area contributed by atoms with E-state index in [4.69, 9.17) is 5.11 Å². The van der Waals surface area contributed by atoms with Crippen LogP contribution in [0.15, 0.2) is 36.5 Å². The van der Waals surface area contributed by atoms with Crippen LogP contribution >= 0.6 is 0 Å². The van der Waals surface area contributed by atoms with Crippen molar-refractivity contribution in [1.82, 2.24) is 10.3 Å². The summed E-state index contributed by atoms with van der Waals surface area (Å²) < 4.78 is 52.4. The van der Waals surface area contributed by atoms with Crippen molar-refractivity contribution in [3.63, 3.8) is 0 Å². The standard InChI is InChI=1S/C18H14F4N2O3/c19-13-7-11(6-12(8-13)18(20,21)22)17(2-3-17)9-24-15(25)10-1-4-23-14(5-10)16(26)27/h1,4-8H,2-3,9H2,(H,24,25)(H,26,27). The maximum Gasteiger partial charge on any atom is 0.416 e. The molecule has 1 saturated carbocycles. The van der Waals surface area contributed by atoms with Gasteiger partial charge in [-0.2, -0.15) is 13.2 Å². The largest absolute Gasteiger partial charge is 0.477 e. The van der Waals surface area contributed by atoms with E-state index in [1.807, 2.05) is 0 Å². The molecule has 1 aliphatic carbocycles. The van der Waals surface area contributed by atoms with Crippen LogP contribution in [0.4, 0.5) is 17.6 Å². The molecule has 9 heteroatoms. The second-order valence-corrected chi connectivity index (χ2v) is 6.42. The summed E-state index contributed by atoms with van der Waals surface area (Å²) in [5.74, 6) is -2.86. The normalized spacial score (nSPS) is 15.3. The molecule has 1 heterocycles. The fraction of sp³-hybridized carbons (Fsp3) is 0.278. The van der Waals surface area contributed by atoms with Crippen LogP contribution in [-0.4, -0.2) is 28.5 Å². The number of carbonyl (C=O) groups is 2. The number of pyridine rings is 1. The molecule has 1 aromatic carbocycles. The van der Waals surface area contributed by atoms with Crippen molar-refractivity contribution in [3.05, 3.63) is 64.7 Å². The van der Waals surface area contributed by atoms with Crippen LogP contribution in [-0.2, 0) is 11.6 Å². The van der Waals surface area contributed by atoms with E-state index in [0.717, 1.165) is 18.2 Å². The van der Waals surface area contributed by atoms with Crippen molar-refractivity contribution in [2.45, 2.75) is 24.4 Å². The van der Waals surface area contributed by atoms with Crippen LogP contribution in [0.5, 0.6) is 0 Å². The molecule has 1 fully saturated rings. The summed E-state index contributed by atoms with van der Waals surface area (Å²) in [7, 11) is 0. The Kier molecular flexibility index (Phi) is 4.63. The summed E-state index contributed by atoms with van der Waals surface area (Å²) in [5, 5.41) is 11.5. The first-order chi connectivity index (χ1) is 12.6. The number of benzene rings is 1. The number of halogens is 4. The third-order valence-corrected chi connectivity index (χ3v) is 4.52. The lowest BCUT2D eigenvalue weighted by atomic mass is 9.93. The molecule has 142 valence electrons. The first-order valence-electron chi connectivity index (χ1n) is 7.97. The molecule has 1 aliphatic rings. The number of aromatic carboxylic acids is 1. The first-order valence-corrected chi connectivity index (χ1v) is 7.97. The average molecular weight is 382 g/mol. The highest BCUT2D eigenvalue weighted by molar-refractivity contribution is 5.96. The molecule has 0 spiro atoms. The number of rotatable bonds is 5. The Hall–Kier alpha value is -2.97. The Morgan fingerprint density at radius 2 is 1.89 bits per heavy atom. The average Bonchev–Trinajstić information content (AvgIpc) is 3.40. The number of carboxylic acids is 1. The lowest BCUT2D eigenvalue weighted by molar-refractivity contribution is -0.137. The van der Waals surface area contributed by atoms with E-state index in [2.05, 4.69) is 10.3 Å². The zero-order valence-electron chi connectivity index (χ0n) is 13.8. The summed E-state index contributed by atoms with van der Waals surface area (Å²) in [6, 6.07) is 4.80. The van der Waals surface area contributed by atoms with E-state index >= 15 is 0 Å². The number of aromatic nitrogens is 1. The molecule has 27 heavy (non-hydrogen) atoms. The predicted octanol–water partition coefficient (Wildman–Crippen LogP) is 3.40. The first kappa shape index (κ1) is 18.8. The van der Waals surface area contributed by atoms with Crippen LogP contribution in [0.25, 0.3) is 0 Å². The van der Waals surface area contributed by atoms with Crippen molar-refractivity contribution in [3.8, 4) is 0 Å². The second kappa shape index (κ2) is 6.64. The lowest BCUT2D eigenvalue weighted by Crippen LogP contribution is -2.32. The van der Waals surface area contributed by atoms with Gasteiger partial charge < -0.3 is 10.4 Å². The van der Waals surface area contributed by atoms with Gasteiger partial charge in [0.2, 0.25) is 0 Å². The molecule has 2 aromatic rings. The van der Waals surface area contributed by atoms with Gasteiger partial charge in [0.1, 0.15) is 11.5 Å². The van der Waals surface area contributed by atoms with Crippen LogP contribution in [0.2, 0.25) is 0 Å². The van der Waals surface area contributed by atoms with Crippen molar-refractivity contribution in [2.75, 3.05) is 6.54 Å². The van der Waals surface area contributed by atoms with Gasteiger partial charge in [-0.25, -0.2) is 14.2 Å².